The van der Waals surface area contributed by atoms with E-state index in [0.717, 1.165) is 20.5 Å². The van der Waals surface area contributed by atoms with E-state index in [1.165, 1.54) is 0 Å². The SMILES string of the molecule is Cc1cc(NC(=O)COC(=O)[C@H](Cc2ccccc2)N2C(=O)c3ccccc3C2=O)ccc1Br. The molecule has 0 saturated heterocycles. The molecule has 3 aromatic carbocycles. The van der Waals surface area contributed by atoms with Crippen molar-refractivity contribution >= 4 is 45.3 Å². The number of anilines is 1. The number of halogens is 1. The number of nitrogens with one attached hydrogen (secondary N) is 1. The molecule has 0 aromatic heterocycles. The van der Waals surface area contributed by atoms with Crippen molar-refractivity contribution < 1.29 is 23.9 Å². The Hall–Kier alpha value is -3.78. The van der Waals surface area contributed by atoms with Gasteiger partial charge in [0.25, 0.3) is 17.7 Å². The van der Waals surface area contributed by atoms with E-state index >= 15 is 0 Å². The van der Waals surface area contributed by atoms with Gasteiger partial charge in [0.1, 0.15) is 6.04 Å². The molecule has 0 unspecified atom stereocenters. The highest BCUT2D eigenvalue weighted by Gasteiger charge is 2.43. The zero-order valence-corrected chi connectivity index (χ0v) is 19.9. The number of hydrogen-bond acceptors (Lipinski definition) is 5. The molecule has 4 rings (SSSR count). The Morgan fingerprint density at radius 2 is 1.56 bits per heavy atom. The number of rotatable bonds is 7. The fraction of sp³-hybridized carbons (Fsp3) is 0.154. The van der Waals surface area contributed by atoms with E-state index in [1.54, 1.807) is 66.7 Å². The number of carbonyl (C=O) groups excluding carboxylic acids is 4. The Labute approximate surface area is 204 Å². The van der Waals surface area contributed by atoms with Crippen LogP contribution in [0.5, 0.6) is 0 Å². The van der Waals surface area contributed by atoms with E-state index in [0.29, 0.717) is 5.69 Å². The molecular weight excluding hydrogens is 500 g/mol. The van der Waals surface area contributed by atoms with Gasteiger partial charge in [-0.05, 0) is 48.4 Å². The van der Waals surface area contributed by atoms with Crippen LogP contribution in [-0.4, -0.2) is 41.2 Å². The minimum atomic E-state index is -1.21. The molecule has 7 nitrogen and oxygen atoms in total. The first-order chi connectivity index (χ1) is 16.3. The average molecular weight is 521 g/mol. The first kappa shape index (κ1) is 23.4. The number of ether oxygens (including phenoxy) is 1. The molecule has 0 radical (unpaired) electrons. The molecule has 0 saturated carbocycles. The fourth-order valence-electron chi connectivity index (χ4n) is 3.76. The minimum absolute atomic E-state index is 0.0681. The summed E-state index contributed by atoms with van der Waals surface area (Å²) in [5.41, 5.74) is 2.71. The molecule has 34 heavy (non-hydrogen) atoms. The number of aryl methyl sites for hydroxylation is 1. The maximum atomic E-state index is 13.1. The lowest BCUT2D eigenvalue weighted by atomic mass is 10.0. The molecule has 0 spiro atoms. The van der Waals surface area contributed by atoms with Crippen LogP contribution in [0.15, 0.2) is 77.3 Å². The second-order valence-corrected chi connectivity index (χ2v) is 8.71. The Bertz CT molecular complexity index is 1240. The van der Waals surface area contributed by atoms with Gasteiger partial charge in [-0.15, -0.1) is 0 Å². The summed E-state index contributed by atoms with van der Waals surface area (Å²) in [5.74, 6) is -2.49. The summed E-state index contributed by atoms with van der Waals surface area (Å²) < 4.78 is 6.17. The van der Waals surface area contributed by atoms with Gasteiger partial charge in [0.2, 0.25) is 0 Å². The van der Waals surface area contributed by atoms with Gasteiger partial charge in [0, 0.05) is 16.6 Å². The summed E-state index contributed by atoms with van der Waals surface area (Å²) in [6.45, 7) is 1.33. The van der Waals surface area contributed by atoms with Crippen LogP contribution >= 0.6 is 15.9 Å². The summed E-state index contributed by atoms with van der Waals surface area (Å²) in [6, 6.07) is 19.5. The molecular formula is C26H21BrN2O5. The maximum Gasteiger partial charge on any atom is 0.330 e. The predicted octanol–water partition coefficient (Wildman–Crippen LogP) is 4.15. The van der Waals surface area contributed by atoms with Crippen molar-refractivity contribution in [3.63, 3.8) is 0 Å². The average Bonchev–Trinajstić information content (AvgIpc) is 3.09. The fourth-order valence-corrected chi connectivity index (χ4v) is 4.01. The number of esters is 1. The third-order valence-corrected chi connectivity index (χ3v) is 6.36. The highest BCUT2D eigenvalue weighted by Crippen LogP contribution is 2.26. The Kier molecular flexibility index (Phi) is 6.88. The Morgan fingerprint density at radius 1 is 0.941 bits per heavy atom. The number of nitrogens with zero attached hydrogens (tertiary/aromatic N) is 1. The van der Waals surface area contributed by atoms with Crippen molar-refractivity contribution in [3.8, 4) is 0 Å². The van der Waals surface area contributed by atoms with Crippen LogP contribution in [0.4, 0.5) is 5.69 Å². The van der Waals surface area contributed by atoms with Gasteiger partial charge in [-0.3, -0.25) is 19.3 Å². The van der Waals surface area contributed by atoms with Gasteiger partial charge in [-0.25, -0.2) is 4.79 Å². The van der Waals surface area contributed by atoms with E-state index in [2.05, 4.69) is 21.2 Å². The lowest BCUT2D eigenvalue weighted by molar-refractivity contribution is -0.151. The summed E-state index contributed by atoms with van der Waals surface area (Å²) >= 11 is 3.40. The number of imide groups is 1. The summed E-state index contributed by atoms with van der Waals surface area (Å²) in [5, 5.41) is 2.67. The third kappa shape index (κ3) is 4.92. The van der Waals surface area contributed by atoms with Crippen molar-refractivity contribution in [2.75, 3.05) is 11.9 Å². The van der Waals surface area contributed by atoms with E-state index in [9.17, 15) is 19.2 Å². The van der Waals surface area contributed by atoms with Crippen molar-refractivity contribution in [1.82, 2.24) is 4.90 Å². The van der Waals surface area contributed by atoms with Gasteiger partial charge in [-0.2, -0.15) is 0 Å². The van der Waals surface area contributed by atoms with E-state index in [-0.39, 0.29) is 17.5 Å². The highest BCUT2D eigenvalue weighted by molar-refractivity contribution is 9.10. The first-order valence-electron chi connectivity index (χ1n) is 10.6. The molecule has 172 valence electrons. The van der Waals surface area contributed by atoms with Crippen molar-refractivity contribution in [1.29, 1.82) is 0 Å². The van der Waals surface area contributed by atoms with Crippen LogP contribution in [0.25, 0.3) is 0 Å². The number of carbonyl (C=O) groups is 4. The van der Waals surface area contributed by atoms with Crippen LogP contribution in [0, 0.1) is 6.92 Å². The van der Waals surface area contributed by atoms with E-state index in [1.807, 2.05) is 13.0 Å². The van der Waals surface area contributed by atoms with Crippen molar-refractivity contribution in [3.05, 3.63) is 99.5 Å². The normalized spacial score (nSPS) is 13.4. The molecule has 0 aliphatic carbocycles. The number of benzene rings is 3. The lowest BCUT2D eigenvalue weighted by Gasteiger charge is -2.24. The van der Waals surface area contributed by atoms with Gasteiger partial charge >= 0.3 is 5.97 Å². The van der Waals surface area contributed by atoms with Crippen LogP contribution in [0.1, 0.15) is 31.8 Å². The van der Waals surface area contributed by atoms with E-state index in [4.69, 9.17) is 4.74 Å². The van der Waals surface area contributed by atoms with Crippen LogP contribution in [0.3, 0.4) is 0 Å². The second kappa shape index (κ2) is 10.0. The number of hydrogen-bond donors (Lipinski definition) is 1. The van der Waals surface area contributed by atoms with Crippen LogP contribution in [0.2, 0.25) is 0 Å². The molecule has 3 aromatic rings. The smallest absolute Gasteiger partial charge is 0.330 e. The molecule has 1 aliphatic rings. The molecule has 0 fully saturated rings. The van der Waals surface area contributed by atoms with Gasteiger partial charge in [0.15, 0.2) is 6.61 Å². The molecule has 1 heterocycles. The standard InChI is InChI=1S/C26H21BrN2O5/c1-16-13-18(11-12-21(16)27)28-23(30)15-34-26(33)22(14-17-7-3-2-4-8-17)29-24(31)19-9-5-6-10-20(19)25(29)32/h2-13,22H,14-15H2,1H3,(H,28,30)/t22-/m0/s1. The zero-order chi connectivity index (χ0) is 24.2. The molecule has 1 aliphatic heterocycles. The Morgan fingerprint density at radius 3 is 2.18 bits per heavy atom. The van der Waals surface area contributed by atoms with Gasteiger partial charge < -0.3 is 10.1 Å². The van der Waals surface area contributed by atoms with Crippen LogP contribution in [-0.2, 0) is 20.7 Å². The van der Waals surface area contributed by atoms with Gasteiger partial charge in [0.05, 0.1) is 11.1 Å². The van der Waals surface area contributed by atoms with Crippen LogP contribution < -0.4 is 5.32 Å². The lowest BCUT2D eigenvalue weighted by Crippen LogP contribution is -2.47. The highest BCUT2D eigenvalue weighted by atomic mass is 79.9. The molecule has 1 N–H and O–H groups in total. The maximum absolute atomic E-state index is 13.1. The topological polar surface area (TPSA) is 92.8 Å². The molecule has 3 amide bonds. The summed E-state index contributed by atoms with van der Waals surface area (Å²) in [4.78, 5) is 52.4. The second-order valence-electron chi connectivity index (χ2n) is 7.85. The monoisotopic (exact) mass is 520 g/mol. The summed E-state index contributed by atoms with van der Waals surface area (Å²) in [7, 11) is 0. The zero-order valence-electron chi connectivity index (χ0n) is 18.3. The molecule has 8 heteroatoms. The summed E-state index contributed by atoms with van der Waals surface area (Å²) in [6.07, 6.45) is 0.0681. The van der Waals surface area contributed by atoms with E-state index < -0.39 is 36.3 Å². The number of amides is 3. The first-order valence-corrected chi connectivity index (χ1v) is 11.4. The third-order valence-electron chi connectivity index (χ3n) is 5.47. The predicted molar refractivity (Wildman–Crippen MR) is 129 cm³/mol. The van der Waals surface area contributed by atoms with Crippen molar-refractivity contribution in [2.45, 2.75) is 19.4 Å². The largest absolute Gasteiger partial charge is 0.454 e. The Balaban J connectivity index is 1.50. The minimum Gasteiger partial charge on any atom is -0.454 e. The quantitative estimate of drug-likeness (QED) is 0.373. The van der Waals surface area contributed by atoms with Crippen molar-refractivity contribution in [2.24, 2.45) is 0 Å². The molecule has 1 atom stereocenters. The molecule has 0 bridgehead atoms. The number of fused-ring (bicyclic) bond motifs is 1. The van der Waals surface area contributed by atoms with Gasteiger partial charge in [-0.1, -0.05) is 58.4 Å².